The molecule has 0 radical (unpaired) electrons. The molecule has 0 aliphatic rings. The molecule has 0 saturated heterocycles. The van der Waals surface area contributed by atoms with E-state index in [0.717, 1.165) is 26.9 Å². The zero-order valence-corrected chi connectivity index (χ0v) is 18.7. The molecular weight excluding hydrogens is 460 g/mol. The zero-order valence-electron chi connectivity index (χ0n) is 16.3. The number of halogens is 1. The van der Waals surface area contributed by atoms with Crippen LogP contribution in [-0.2, 0) is 6.61 Å². The average molecular weight is 479 g/mol. The van der Waals surface area contributed by atoms with Crippen LogP contribution >= 0.6 is 27.7 Å². The molecule has 3 aromatic carbocycles. The fourth-order valence-corrected chi connectivity index (χ4v) is 3.68. The molecule has 4 aromatic rings. The molecule has 5 nitrogen and oxygen atoms in total. The van der Waals surface area contributed by atoms with Crippen LogP contribution in [0.5, 0.6) is 5.75 Å². The second-order valence-corrected chi connectivity index (χ2v) is 8.08. The largest absolute Gasteiger partial charge is 0.488 e. The lowest BCUT2D eigenvalue weighted by Gasteiger charge is -2.10. The van der Waals surface area contributed by atoms with E-state index < -0.39 is 0 Å². The molecule has 0 aliphatic carbocycles. The fraction of sp³-hybridized carbons (Fsp3) is 0.0870. The van der Waals surface area contributed by atoms with Gasteiger partial charge in [-0.05, 0) is 30.0 Å². The first-order valence-electron chi connectivity index (χ1n) is 9.30. The monoisotopic (exact) mass is 478 g/mol. The van der Waals surface area contributed by atoms with Crippen LogP contribution in [-0.4, -0.2) is 27.3 Å². The van der Waals surface area contributed by atoms with Gasteiger partial charge < -0.3 is 4.74 Å². The highest BCUT2D eigenvalue weighted by Crippen LogP contribution is 2.25. The van der Waals surface area contributed by atoms with Gasteiger partial charge in [-0.3, -0.25) is 0 Å². The third-order valence-electron chi connectivity index (χ3n) is 4.35. The average Bonchev–Trinajstić information content (AvgIpc) is 3.21. The highest BCUT2D eigenvalue weighted by atomic mass is 79.9. The van der Waals surface area contributed by atoms with Gasteiger partial charge >= 0.3 is 0 Å². The topological polar surface area (TPSA) is 52.3 Å². The van der Waals surface area contributed by atoms with Gasteiger partial charge in [0.15, 0.2) is 5.82 Å². The maximum atomic E-state index is 6.06. The van der Waals surface area contributed by atoms with Crippen LogP contribution in [0.2, 0.25) is 0 Å². The van der Waals surface area contributed by atoms with Gasteiger partial charge in [0, 0.05) is 15.6 Å². The number of rotatable bonds is 7. The van der Waals surface area contributed by atoms with Crippen molar-refractivity contribution in [3.05, 3.63) is 94.5 Å². The van der Waals surface area contributed by atoms with E-state index in [0.29, 0.717) is 17.6 Å². The van der Waals surface area contributed by atoms with Crippen LogP contribution < -0.4 is 4.74 Å². The Bertz CT molecular complexity index is 1150. The van der Waals surface area contributed by atoms with Crippen molar-refractivity contribution < 1.29 is 4.74 Å². The quantitative estimate of drug-likeness (QED) is 0.245. The third kappa shape index (κ3) is 4.80. The summed E-state index contributed by atoms with van der Waals surface area (Å²) >= 11 is 5.03. The third-order valence-corrected chi connectivity index (χ3v) is 5.46. The Morgan fingerprint density at radius 3 is 2.47 bits per heavy atom. The van der Waals surface area contributed by atoms with Crippen LogP contribution in [0.4, 0.5) is 0 Å². The summed E-state index contributed by atoms with van der Waals surface area (Å²) in [5, 5.41) is 14.0. The summed E-state index contributed by atoms with van der Waals surface area (Å²) in [7, 11) is 0. The standard InChI is InChI=1S/C23H19BrN4OS/c1-30-23-27-26-22(18-10-6-3-7-11-18)28(23)25-15-19-14-20(24)12-13-21(19)29-16-17-8-4-2-5-9-17/h2-15H,16H2,1H3. The normalized spacial score (nSPS) is 11.1. The Morgan fingerprint density at radius 1 is 1.00 bits per heavy atom. The number of hydrogen-bond donors (Lipinski definition) is 0. The zero-order chi connectivity index (χ0) is 20.8. The second kappa shape index (κ2) is 9.73. The Kier molecular flexibility index (Phi) is 6.61. The molecular formula is C23H19BrN4OS. The Hall–Kier alpha value is -2.90. The summed E-state index contributed by atoms with van der Waals surface area (Å²) in [6, 6.07) is 25.9. The van der Waals surface area contributed by atoms with E-state index in [2.05, 4.69) is 31.2 Å². The summed E-state index contributed by atoms with van der Waals surface area (Å²) < 4.78 is 8.77. The summed E-state index contributed by atoms with van der Waals surface area (Å²) in [6.45, 7) is 0.487. The van der Waals surface area contributed by atoms with Gasteiger partial charge in [-0.25, -0.2) is 0 Å². The molecule has 0 fully saturated rings. The van der Waals surface area contributed by atoms with Crippen LogP contribution in [0.25, 0.3) is 11.4 Å². The van der Waals surface area contributed by atoms with Gasteiger partial charge in [-0.15, -0.1) is 10.2 Å². The van der Waals surface area contributed by atoms with Gasteiger partial charge in [0.25, 0.3) is 0 Å². The minimum Gasteiger partial charge on any atom is -0.488 e. The number of ether oxygens (including phenoxy) is 1. The highest BCUT2D eigenvalue weighted by Gasteiger charge is 2.13. The van der Waals surface area contributed by atoms with E-state index in [9.17, 15) is 0 Å². The molecule has 150 valence electrons. The fourth-order valence-electron chi connectivity index (χ4n) is 2.87. The first-order valence-corrected chi connectivity index (χ1v) is 11.3. The van der Waals surface area contributed by atoms with Gasteiger partial charge in [0.1, 0.15) is 12.4 Å². The van der Waals surface area contributed by atoms with Crippen molar-refractivity contribution >= 4 is 33.9 Å². The highest BCUT2D eigenvalue weighted by molar-refractivity contribution is 9.10. The van der Waals surface area contributed by atoms with Crippen molar-refractivity contribution in [3.63, 3.8) is 0 Å². The van der Waals surface area contributed by atoms with E-state index in [-0.39, 0.29) is 0 Å². The minimum absolute atomic E-state index is 0.487. The van der Waals surface area contributed by atoms with E-state index >= 15 is 0 Å². The van der Waals surface area contributed by atoms with E-state index in [1.807, 2.05) is 85.1 Å². The smallest absolute Gasteiger partial charge is 0.212 e. The molecule has 0 N–H and O–H groups in total. The van der Waals surface area contributed by atoms with Crippen LogP contribution in [0.15, 0.2) is 93.6 Å². The van der Waals surface area contributed by atoms with Gasteiger partial charge in [0.2, 0.25) is 5.16 Å². The number of aromatic nitrogens is 3. The SMILES string of the molecule is CSc1nnc(-c2ccccc2)n1N=Cc1cc(Br)ccc1OCc1ccccc1. The van der Waals surface area contributed by atoms with Crippen LogP contribution in [0, 0.1) is 0 Å². The predicted molar refractivity (Wildman–Crippen MR) is 125 cm³/mol. The first-order chi connectivity index (χ1) is 14.7. The number of thioether (sulfide) groups is 1. The predicted octanol–water partition coefficient (Wildman–Crippen LogP) is 5.89. The molecule has 0 bridgehead atoms. The van der Waals surface area contributed by atoms with Gasteiger partial charge in [-0.1, -0.05) is 88.4 Å². The number of hydrogen-bond acceptors (Lipinski definition) is 5. The molecule has 0 atom stereocenters. The van der Waals surface area contributed by atoms with Crippen molar-refractivity contribution in [2.75, 3.05) is 6.26 Å². The van der Waals surface area contributed by atoms with E-state index in [1.54, 1.807) is 10.9 Å². The molecule has 7 heteroatoms. The van der Waals surface area contributed by atoms with Crippen molar-refractivity contribution in [1.82, 2.24) is 14.9 Å². The molecule has 0 aliphatic heterocycles. The van der Waals surface area contributed by atoms with Crippen molar-refractivity contribution in [2.45, 2.75) is 11.8 Å². The second-order valence-electron chi connectivity index (χ2n) is 6.39. The molecule has 0 amide bonds. The van der Waals surface area contributed by atoms with Crippen molar-refractivity contribution in [1.29, 1.82) is 0 Å². The van der Waals surface area contributed by atoms with Crippen LogP contribution in [0.3, 0.4) is 0 Å². The Labute approximate surface area is 187 Å². The Balaban J connectivity index is 1.64. The molecule has 0 unspecified atom stereocenters. The Morgan fingerprint density at radius 2 is 1.73 bits per heavy atom. The van der Waals surface area contributed by atoms with Gasteiger partial charge in [-0.2, -0.15) is 9.78 Å². The first kappa shape index (κ1) is 20.4. The summed E-state index contributed by atoms with van der Waals surface area (Å²) in [5.41, 5.74) is 2.93. The molecule has 30 heavy (non-hydrogen) atoms. The summed E-state index contributed by atoms with van der Waals surface area (Å²) in [6.07, 6.45) is 3.74. The molecule has 0 saturated carbocycles. The molecule has 1 heterocycles. The van der Waals surface area contributed by atoms with Crippen molar-refractivity contribution in [3.8, 4) is 17.1 Å². The molecule has 4 rings (SSSR count). The summed E-state index contributed by atoms with van der Waals surface area (Å²) in [4.78, 5) is 0. The maximum absolute atomic E-state index is 6.06. The molecule has 0 spiro atoms. The number of nitrogens with zero attached hydrogens (tertiary/aromatic N) is 4. The minimum atomic E-state index is 0.487. The molecule has 1 aromatic heterocycles. The van der Waals surface area contributed by atoms with E-state index in [4.69, 9.17) is 4.74 Å². The van der Waals surface area contributed by atoms with E-state index in [1.165, 1.54) is 11.8 Å². The lowest BCUT2D eigenvalue weighted by Crippen LogP contribution is -2.00. The van der Waals surface area contributed by atoms with Gasteiger partial charge in [0.05, 0.1) is 6.21 Å². The van der Waals surface area contributed by atoms with Crippen molar-refractivity contribution in [2.24, 2.45) is 5.10 Å². The summed E-state index contributed by atoms with van der Waals surface area (Å²) in [5.74, 6) is 1.45. The lowest BCUT2D eigenvalue weighted by molar-refractivity contribution is 0.305. The van der Waals surface area contributed by atoms with Crippen LogP contribution in [0.1, 0.15) is 11.1 Å². The lowest BCUT2D eigenvalue weighted by atomic mass is 10.2. The number of benzene rings is 3. The maximum Gasteiger partial charge on any atom is 0.212 e.